The summed E-state index contributed by atoms with van der Waals surface area (Å²) < 4.78 is 5.45. The maximum absolute atomic E-state index is 12.2. The van der Waals surface area contributed by atoms with E-state index in [1.165, 1.54) is 4.88 Å². The highest BCUT2D eigenvalue weighted by molar-refractivity contribution is 7.09. The molecule has 0 saturated carbocycles. The van der Waals surface area contributed by atoms with E-state index >= 15 is 0 Å². The van der Waals surface area contributed by atoms with Crippen LogP contribution in [0.2, 0.25) is 0 Å². The molecule has 2 rings (SSSR count). The van der Waals surface area contributed by atoms with Crippen molar-refractivity contribution in [3.63, 3.8) is 0 Å². The second-order valence-electron chi connectivity index (χ2n) is 6.59. The van der Waals surface area contributed by atoms with Crippen LogP contribution in [-0.2, 0) is 11.3 Å². The molecule has 0 N–H and O–H groups in total. The molecule has 21 heavy (non-hydrogen) atoms. The van der Waals surface area contributed by atoms with Crippen LogP contribution in [0.4, 0.5) is 4.79 Å². The Morgan fingerprint density at radius 2 is 2.33 bits per heavy atom. The summed E-state index contributed by atoms with van der Waals surface area (Å²) in [5.74, 6) is 0. The third-order valence-corrected chi connectivity index (χ3v) is 4.34. The molecule has 2 heterocycles. The Bertz CT molecular complexity index is 456. The summed E-state index contributed by atoms with van der Waals surface area (Å²) in [5.41, 5.74) is 1.42. The number of likely N-dealkylation sites (N-methyl/N-ethyl adjacent to an activating group) is 1. The highest BCUT2D eigenvalue weighted by Crippen LogP contribution is 2.20. The molecule has 1 unspecified atom stereocenters. The molecular formula is C15H25N3O2S. The fourth-order valence-electron chi connectivity index (χ4n) is 2.51. The molecule has 0 radical (unpaired) electrons. The van der Waals surface area contributed by atoms with Crippen molar-refractivity contribution in [3.8, 4) is 0 Å². The molecule has 1 aromatic rings. The number of carbonyl (C=O) groups is 1. The molecule has 1 saturated heterocycles. The number of thiazole rings is 1. The Morgan fingerprint density at radius 1 is 1.57 bits per heavy atom. The minimum atomic E-state index is -0.442. The van der Waals surface area contributed by atoms with E-state index < -0.39 is 5.60 Å². The Balaban J connectivity index is 1.89. The molecule has 6 heteroatoms. The SMILES string of the molecule is CN(C(=O)OC(C)(C)C)C1CCCN(Cc2cncs2)C1. The topological polar surface area (TPSA) is 45.7 Å². The fourth-order valence-corrected chi connectivity index (χ4v) is 3.15. The van der Waals surface area contributed by atoms with Gasteiger partial charge in [-0.25, -0.2) is 4.79 Å². The lowest BCUT2D eigenvalue weighted by molar-refractivity contribution is 0.0130. The van der Waals surface area contributed by atoms with Crippen molar-refractivity contribution < 1.29 is 9.53 Å². The van der Waals surface area contributed by atoms with E-state index in [0.29, 0.717) is 0 Å². The van der Waals surface area contributed by atoms with E-state index in [1.54, 1.807) is 16.2 Å². The van der Waals surface area contributed by atoms with Crippen LogP contribution in [0.1, 0.15) is 38.5 Å². The average molecular weight is 311 g/mol. The number of amides is 1. The number of hydrogen-bond donors (Lipinski definition) is 0. The fraction of sp³-hybridized carbons (Fsp3) is 0.733. The lowest BCUT2D eigenvalue weighted by atomic mass is 10.0. The van der Waals surface area contributed by atoms with Crippen LogP contribution >= 0.6 is 11.3 Å². The van der Waals surface area contributed by atoms with Gasteiger partial charge in [-0.15, -0.1) is 11.3 Å². The van der Waals surface area contributed by atoms with Gasteiger partial charge in [-0.3, -0.25) is 9.88 Å². The smallest absolute Gasteiger partial charge is 0.410 e. The Labute approximate surface area is 130 Å². The van der Waals surface area contributed by atoms with E-state index in [-0.39, 0.29) is 12.1 Å². The van der Waals surface area contributed by atoms with Gasteiger partial charge >= 0.3 is 6.09 Å². The van der Waals surface area contributed by atoms with Crippen molar-refractivity contribution in [1.29, 1.82) is 0 Å². The zero-order chi connectivity index (χ0) is 15.5. The molecule has 1 amide bonds. The normalized spacial score (nSPS) is 20.3. The summed E-state index contributed by atoms with van der Waals surface area (Å²) in [6, 6.07) is 0.224. The number of nitrogens with zero attached hydrogens (tertiary/aromatic N) is 3. The number of piperidine rings is 1. The third-order valence-electron chi connectivity index (χ3n) is 3.57. The molecule has 0 aromatic carbocycles. The van der Waals surface area contributed by atoms with Gasteiger partial charge in [0.1, 0.15) is 5.60 Å². The van der Waals surface area contributed by atoms with Gasteiger partial charge < -0.3 is 9.64 Å². The van der Waals surface area contributed by atoms with E-state index in [9.17, 15) is 4.79 Å². The van der Waals surface area contributed by atoms with Crippen molar-refractivity contribution in [1.82, 2.24) is 14.8 Å². The van der Waals surface area contributed by atoms with Gasteiger partial charge in [0.05, 0.1) is 5.51 Å². The molecular weight excluding hydrogens is 286 g/mol. The Hall–Kier alpha value is -1.14. The predicted molar refractivity (Wildman–Crippen MR) is 84.4 cm³/mol. The zero-order valence-electron chi connectivity index (χ0n) is 13.3. The van der Waals surface area contributed by atoms with Crippen LogP contribution < -0.4 is 0 Å². The van der Waals surface area contributed by atoms with Crippen LogP contribution in [-0.4, -0.2) is 52.7 Å². The predicted octanol–water partition coefficient (Wildman–Crippen LogP) is 2.97. The first kappa shape index (κ1) is 16.2. The minimum Gasteiger partial charge on any atom is -0.444 e. The number of rotatable bonds is 3. The van der Waals surface area contributed by atoms with Gasteiger partial charge in [-0.2, -0.15) is 0 Å². The average Bonchev–Trinajstić information content (AvgIpc) is 2.89. The van der Waals surface area contributed by atoms with Crippen molar-refractivity contribution in [3.05, 3.63) is 16.6 Å². The first-order chi connectivity index (χ1) is 9.85. The molecule has 118 valence electrons. The molecule has 0 spiro atoms. The van der Waals surface area contributed by atoms with Gasteiger partial charge in [0.15, 0.2) is 0 Å². The van der Waals surface area contributed by atoms with E-state index in [1.807, 2.05) is 39.5 Å². The quantitative estimate of drug-likeness (QED) is 0.861. The number of hydrogen-bond acceptors (Lipinski definition) is 5. The van der Waals surface area contributed by atoms with Gasteiger partial charge in [-0.05, 0) is 40.2 Å². The summed E-state index contributed by atoms with van der Waals surface area (Å²) in [6.45, 7) is 8.59. The van der Waals surface area contributed by atoms with Gasteiger partial charge in [0.2, 0.25) is 0 Å². The van der Waals surface area contributed by atoms with Crippen molar-refractivity contribution in [2.75, 3.05) is 20.1 Å². The molecule has 1 atom stereocenters. The molecule has 1 fully saturated rings. The van der Waals surface area contributed by atoms with Crippen molar-refractivity contribution in [2.45, 2.75) is 51.8 Å². The zero-order valence-corrected chi connectivity index (χ0v) is 14.2. The van der Waals surface area contributed by atoms with Crippen LogP contribution in [0.25, 0.3) is 0 Å². The standard InChI is InChI=1S/C15H25N3O2S/c1-15(2,3)20-14(19)17(4)12-6-5-7-18(9-12)10-13-8-16-11-21-13/h8,11-12H,5-7,9-10H2,1-4H3. The summed E-state index contributed by atoms with van der Waals surface area (Å²) in [4.78, 5) is 21.7. The highest BCUT2D eigenvalue weighted by atomic mass is 32.1. The maximum Gasteiger partial charge on any atom is 0.410 e. The van der Waals surface area contributed by atoms with Gasteiger partial charge in [0.25, 0.3) is 0 Å². The second-order valence-corrected chi connectivity index (χ2v) is 7.56. The van der Waals surface area contributed by atoms with E-state index in [4.69, 9.17) is 4.74 Å². The molecule has 1 aliphatic rings. The molecule has 5 nitrogen and oxygen atoms in total. The summed E-state index contributed by atoms with van der Waals surface area (Å²) in [5, 5.41) is 0. The summed E-state index contributed by atoms with van der Waals surface area (Å²) in [6.07, 6.45) is 3.84. The lowest BCUT2D eigenvalue weighted by Gasteiger charge is -2.37. The molecule has 0 bridgehead atoms. The first-order valence-electron chi connectivity index (χ1n) is 7.41. The van der Waals surface area contributed by atoms with Crippen molar-refractivity contribution in [2.24, 2.45) is 0 Å². The molecule has 0 aliphatic carbocycles. The first-order valence-corrected chi connectivity index (χ1v) is 8.28. The number of aromatic nitrogens is 1. The van der Waals surface area contributed by atoms with E-state index in [2.05, 4.69) is 9.88 Å². The number of ether oxygens (including phenoxy) is 1. The van der Waals surface area contributed by atoms with Crippen LogP contribution in [0.5, 0.6) is 0 Å². The summed E-state index contributed by atoms with van der Waals surface area (Å²) in [7, 11) is 1.84. The van der Waals surface area contributed by atoms with Crippen molar-refractivity contribution >= 4 is 17.4 Å². The number of likely N-dealkylation sites (tertiary alicyclic amines) is 1. The lowest BCUT2D eigenvalue weighted by Crippen LogP contribution is -2.49. The Kier molecular flexibility index (Phi) is 5.22. The van der Waals surface area contributed by atoms with Crippen LogP contribution in [0, 0.1) is 0 Å². The van der Waals surface area contributed by atoms with E-state index in [0.717, 1.165) is 32.5 Å². The largest absolute Gasteiger partial charge is 0.444 e. The van der Waals surface area contributed by atoms with Crippen LogP contribution in [0.3, 0.4) is 0 Å². The summed E-state index contributed by atoms with van der Waals surface area (Å²) >= 11 is 1.68. The second kappa shape index (κ2) is 6.75. The molecule has 1 aromatic heterocycles. The highest BCUT2D eigenvalue weighted by Gasteiger charge is 2.29. The maximum atomic E-state index is 12.2. The number of carbonyl (C=O) groups excluding carboxylic acids is 1. The van der Waals surface area contributed by atoms with Gasteiger partial charge in [-0.1, -0.05) is 0 Å². The monoisotopic (exact) mass is 311 g/mol. The minimum absolute atomic E-state index is 0.224. The third kappa shape index (κ3) is 4.97. The van der Waals surface area contributed by atoms with Crippen LogP contribution in [0.15, 0.2) is 11.7 Å². The Morgan fingerprint density at radius 3 is 2.95 bits per heavy atom. The van der Waals surface area contributed by atoms with Gasteiger partial charge in [0, 0.05) is 37.3 Å². The molecule has 1 aliphatic heterocycles.